The molecule has 0 saturated carbocycles. The van der Waals surface area contributed by atoms with Crippen molar-refractivity contribution in [1.29, 1.82) is 0 Å². The first kappa shape index (κ1) is 13.6. The van der Waals surface area contributed by atoms with Crippen LogP contribution in [-0.4, -0.2) is 11.2 Å². The van der Waals surface area contributed by atoms with Crippen LogP contribution in [0.2, 0.25) is 0 Å². The Hall–Kier alpha value is -2.35. The molecule has 0 aliphatic rings. The number of aromatic amines is 1. The maximum absolute atomic E-state index is 4.55. The highest BCUT2D eigenvalue weighted by molar-refractivity contribution is 5.99. The zero-order valence-corrected chi connectivity index (χ0v) is 12.7. The lowest BCUT2D eigenvalue weighted by Crippen LogP contribution is -2.11. The van der Waals surface area contributed by atoms with Crippen molar-refractivity contribution in [2.45, 2.75) is 26.2 Å². The van der Waals surface area contributed by atoms with Crippen molar-refractivity contribution in [3.8, 4) is 0 Å². The molecule has 106 valence electrons. The molecule has 0 fully saturated rings. The Balaban J connectivity index is 2.03. The van der Waals surface area contributed by atoms with Crippen LogP contribution in [0.1, 0.15) is 32.0 Å². The number of nitrogens with one attached hydrogen (secondary N) is 1. The highest BCUT2D eigenvalue weighted by Gasteiger charge is 2.16. The summed E-state index contributed by atoms with van der Waals surface area (Å²) >= 11 is 0. The monoisotopic (exact) mass is 276 g/mol. The molecule has 21 heavy (non-hydrogen) atoms. The van der Waals surface area contributed by atoms with Crippen LogP contribution in [0.25, 0.3) is 10.9 Å². The number of fused-ring (bicyclic) bond motifs is 1. The quantitative estimate of drug-likeness (QED) is 0.622. The molecule has 2 heteroatoms. The Kier molecular flexibility index (Phi) is 3.38. The average molecular weight is 276 g/mol. The Morgan fingerprint density at radius 1 is 0.952 bits per heavy atom. The Bertz CT molecular complexity index is 774. The minimum absolute atomic E-state index is 0.118. The smallest absolute Gasteiger partial charge is 0.0629 e. The molecule has 3 aromatic rings. The van der Waals surface area contributed by atoms with Crippen LogP contribution >= 0.6 is 0 Å². The fourth-order valence-corrected chi connectivity index (χ4v) is 2.35. The molecule has 0 amide bonds. The minimum atomic E-state index is 0.118. The van der Waals surface area contributed by atoms with E-state index in [0.717, 1.165) is 16.8 Å². The highest BCUT2D eigenvalue weighted by atomic mass is 14.8. The van der Waals surface area contributed by atoms with Crippen molar-refractivity contribution < 1.29 is 0 Å². The number of aliphatic imine (C=N–C) groups is 1. The first-order chi connectivity index (χ1) is 10.0. The Labute approximate surface area is 125 Å². The molecule has 3 rings (SSSR count). The van der Waals surface area contributed by atoms with E-state index in [1.54, 1.807) is 0 Å². The van der Waals surface area contributed by atoms with Crippen LogP contribution in [0, 0.1) is 0 Å². The number of hydrogen-bond donors (Lipinski definition) is 1. The molecule has 0 unspecified atom stereocenters. The lowest BCUT2D eigenvalue weighted by Gasteiger charge is -2.15. The largest absolute Gasteiger partial charge is 0.357 e. The van der Waals surface area contributed by atoms with E-state index in [0.29, 0.717) is 0 Å². The number of para-hydroxylation sites is 2. The standard InChI is InChI=1S/C19H20N2/c1-19(2,3)17-12-14-8-7-9-15(18(14)21-17)13-20-16-10-5-4-6-11-16/h4-13,21H,1-3H3. The van der Waals surface area contributed by atoms with Gasteiger partial charge in [-0.2, -0.15) is 0 Å². The molecule has 0 aliphatic heterocycles. The number of hydrogen-bond acceptors (Lipinski definition) is 1. The number of nitrogens with zero attached hydrogens (tertiary/aromatic N) is 1. The van der Waals surface area contributed by atoms with Crippen LogP contribution in [0.5, 0.6) is 0 Å². The number of H-pyrrole nitrogens is 1. The van der Waals surface area contributed by atoms with Gasteiger partial charge in [-0.1, -0.05) is 57.2 Å². The number of benzene rings is 2. The molecule has 0 bridgehead atoms. The first-order valence-corrected chi connectivity index (χ1v) is 7.25. The molecule has 2 aromatic carbocycles. The van der Waals surface area contributed by atoms with Crippen LogP contribution in [-0.2, 0) is 5.41 Å². The van der Waals surface area contributed by atoms with Gasteiger partial charge in [0.25, 0.3) is 0 Å². The predicted molar refractivity (Wildman–Crippen MR) is 90.7 cm³/mol. The van der Waals surface area contributed by atoms with Gasteiger partial charge in [0.1, 0.15) is 0 Å². The maximum Gasteiger partial charge on any atom is 0.0629 e. The topological polar surface area (TPSA) is 28.1 Å². The molecular weight excluding hydrogens is 256 g/mol. The zero-order chi connectivity index (χ0) is 14.9. The molecular formula is C19H20N2. The van der Waals surface area contributed by atoms with Crippen molar-refractivity contribution >= 4 is 22.8 Å². The summed E-state index contributed by atoms with van der Waals surface area (Å²) in [7, 11) is 0. The van der Waals surface area contributed by atoms with Crippen LogP contribution in [0.15, 0.2) is 59.6 Å². The minimum Gasteiger partial charge on any atom is -0.357 e. The van der Waals surface area contributed by atoms with Gasteiger partial charge in [0, 0.05) is 28.3 Å². The molecule has 0 spiro atoms. The van der Waals surface area contributed by atoms with Crippen molar-refractivity contribution in [1.82, 2.24) is 4.98 Å². The summed E-state index contributed by atoms with van der Waals surface area (Å²) in [6.45, 7) is 6.65. The molecule has 0 atom stereocenters. The van der Waals surface area contributed by atoms with Crippen molar-refractivity contribution in [2.24, 2.45) is 4.99 Å². The van der Waals surface area contributed by atoms with E-state index >= 15 is 0 Å². The zero-order valence-electron chi connectivity index (χ0n) is 12.7. The number of rotatable bonds is 2. The van der Waals surface area contributed by atoms with Gasteiger partial charge in [-0.05, 0) is 18.2 Å². The van der Waals surface area contributed by atoms with Gasteiger partial charge in [0.05, 0.1) is 11.2 Å². The Morgan fingerprint density at radius 3 is 2.43 bits per heavy atom. The SMILES string of the molecule is CC(C)(C)c1cc2cccc(C=Nc3ccccc3)c2[nH]1. The van der Waals surface area contributed by atoms with Crippen LogP contribution in [0.4, 0.5) is 5.69 Å². The van der Waals surface area contributed by atoms with Gasteiger partial charge in [0.2, 0.25) is 0 Å². The normalized spacial score (nSPS) is 12.3. The summed E-state index contributed by atoms with van der Waals surface area (Å²) in [5.74, 6) is 0. The van der Waals surface area contributed by atoms with Gasteiger partial charge in [-0.15, -0.1) is 0 Å². The summed E-state index contributed by atoms with van der Waals surface area (Å²) in [4.78, 5) is 8.10. The van der Waals surface area contributed by atoms with Gasteiger partial charge in [0.15, 0.2) is 0 Å². The van der Waals surface area contributed by atoms with Gasteiger partial charge < -0.3 is 4.98 Å². The number of aromatic nitrogens is 1. The summed E-state index contributed by atoms with van der Waals surface area (Å²) in [5, 5.41) is 1.23. The third-order valence-corrected chi connectivity index (χ3v) is 3.61. The molecule has 0 saturated heterocycles. The maximum atomic E-state index is 4.55. The van der Waals surface area contributed by atoms with E-state index in [9.17, 15) is 0 Å². The fourth-order valence-electron chi connectivity index (χ4n) is 2.35. The second-order valence-electron chi connectivity index (χ2n) is 6.34. The second-order valence-corrected chi connectivity index (χ2v) is 6.34. The first-order valence-electron chi connectivity index (χ1n) is 7.25. The van der Waals surface area contributed by atoms with E-state index in [2.05, 4.69) is 55.0 Å². The van der Waals surface area contributed by atoms with Gasteiger partial charge in [-0.25, -0.2) is 0 Å². The third kappa shape index (κ3) is 2.89. The fraction of sp³-hybridized carbons (Fsp3) is 0.211. The van der Waals surface area contributed by atoms with Crippen LogP contribution < -0.4 is 0 Å². The van der Waals surface area contributed by atoms with E-state index in [1.165, 1.54) is 11.1 Å². The molecule has 2 nitrogen and oxygen atoms in total. The predicted octanol–water partition coefficient (Wildman–Crippen LogP) is 5.22. The van der Waals surface area contributed by atoms with Crippen molar-refractivity contribution in [3.63, 3.8) is 0 Å². The van der Waals surface area contributed by atoms with Gasteiger partial charge >= 0.3 is 0 Å². The summed E-state index contributed by atoms with van der Waals surface area (Å²) in [6.07, 6.45) is 1.93. The lowest BCUT2D eigenvalue weighted by molar-refractivity contribution is 0.574. The van der Waals surface area contributed by atoms with E-state index < -0.39 is 0 Å². The lowest BCUT2D eigenvalue weighted by atomic mass is 9.92. The summed E-state index contributed by atoms with van der Waals surface area (Å²) in [6, 6.07) is 18.6. The molecule has 1 N–H and O–H groups in total. The van der Waals surface area contributed by atoms with Crippen molar-refractivity contribution in [2.75, 3.05) is 0 Å². The van der Waals surface area contributed by atoms with E-state index in [-0.39, 0.29) is 5.41 Å². The van der Waals surface area contributed by atoms with E-state index in [4.69, 9.17) is 0 Å². The van der Waals surface area contributed by atoms with Crippen LogP contribution in [0.3, 0.4) is 0 Å². The third-order valence-electron chi connectivity index (χ3n) is 3.61. The second kappa shape index (κ2) is 5.21. The molecule has 1 aromatic heterocycles. The highest BCUT2D eigenvalue weighted by Crippen LogP contribution is 2.27. The summed E-state index contributed by atoms with van der Waals surface area (Å²) in [5.41, 5.74) is 4.61. The molecule has 1 heterocycles. The average Bonchev–Trinajstić information content (AvgIpc) is 2.91. The summed E-state index contributed by atoms with van der Waals surface area (Å²) < 4.78 is 0. The Morgan fingerprint density at radius 2 is 1.71 bits per heavy atom. The van der Waals surface area contributed by atoms with Crippen molar-refractivity contribution in [3.05, 3.63) is 65.9 Å². The molecule has 0 radical (unpaired) electrons. The van der Waals surface area contributed by atoms with E-state index in [1.807, 2.05) is 36.5 Å². The van der Waals surface area contributed by atoms with Gasteiger partial charge in [-0.3, -0.25) is 4.99 Å². The molecule has 0 aliphatic carbocycles.